The van der Waals surface area contributed by atoms with E-state index in [4.69, 9.17) is 0 Å². The summed E-state index contributed by atoms with van der Waals surface area (Å²) in [6.07, 6.45) is -0.102. The molecular weight excluding hydrogens is 351 g/mol. The molecule has 0 aliphatic rings. The third-order valence-electron chi connectivity index (χ3n) is 3.02. The molecule has 25 heavy (non-hydrogen) atoms. The molecule has 0 radical (unpaired) electrons. The molecule has 1 amide bonds. The molecule has 8 nitrogen and oxygen atoms in total. The fraction of sp³-hybridized carbons (Fsp3) is 0.400. The summed E-state index contributed by atoms with van der Waals surface area (Å²) in [6.45, 7) is 6.56. The normalized spacial score (nSPS) is 12.2. The van der Waals surface area contributed by atoms with Crippen LogP contribution in [-0.2, 0) is 21.2 Å². The van der Waals surface area contributed by atoms with Crippen molar-refractivity contribution in [3.63, 3.8) is 0 Å². The average molecular weight is 370 g/mol. The van der Waals surface area contributed by atoms with E-state index >= 15 is 0 Å². The summed E-state index contributed by atoms with van der Waals surface area (Å²) in [7, 11) is -4.08. The number of hydrogen-bond donors (Lipinski definition) is 2. The van der Waals surface area contributed by atoms with Gasteiger partial charge < -0.3 is 5.32 Å². The molecule has 1 aromatic carbocycles. The van der Waals surface area contributed by atoms with Gasteiger partial charge in [0, 0.05) is 11.2 Å². The quantitative estimate of drug-likeness (QED) is 0.829. The molecule has 2 N–H and O–H groups in total. The maximum atomic E-state index is 14.0. The summed E-state index contributed by atoms with van der Waals surface area (Å²) in [5.74, 6) is -1.37. The molecule has 1 heterocycles. The minimum absolute atomic E-state index is 0.102. The van der Waals surface area contributed by atoms with E-state index in [1.807, 2.05) is 0 Å². The fourth-order valence-electron chi connectivity index (χ4n) is 2.01. The maximum absolute atomic E-state index is 14.0. The molecule has 10 heteroatoms. The van der Waals surface area contributed by atoms with Crippen LogP contribution < -0.4 is 10.0 Å². The summed E-state index contributed by atoms with van der Waals surface area (Å²) >= 11 is 0. The Labute approximate surface area is 144 Å². The number of anilines is 1. The van der Waals surface area contributed by atoms with Gasteiger partial charge in [-0.15, -0.1) is 0 Å². The topological polar surface area (TPSA) is 114 Å². The number of nitrogens with zero attached hydrogens (tertiary/aromatic N) is 2. The van der Waals surface area contributed by atoms with Gasteiger partial charge >= 0.3 is 0 Å². The minimum Gasteiger partial charge on any atom is -0.326 e. The molecule has 0 bridgehead atoms. The molecule has 0 saturated heterocycles. The Morgan fingerprint density at radius 1 is 1.28 bits per heavy atom. The zero-order valence-corrected chi connectivity index (χ0v) is 15.1. The van der Waals surface area contributed by atoms with Crippen molar-refractivity contribution in [2.24, 2.45) is 0 Å². The van der Waals surface area contributed by atoms with Crippen molar-refractivity contribution >= 4 is 21.6 Å². The van der Waals surface area contributed by atoms with Crippen molar-refractivity contribution in [1.82, 2.24) is 15.0 Å². The Morgan fingerprint density at radius 3 is 2.52 bits per heavy atom. The summed E-state index contributed by atoms with van der Waals surface area (Å²) in [6, 6.07) is 3.32. The van der Waals surface area contributed by atoms with Gasteiger partial charge in [0.25, 0.3) is 0 Å². The lowest BCUT2D eigenvalue weighted by Crippen LogP contribution is -2.40. The predicted molar refractivity (Wildman–Crippen MR) is 87.8 cm³/mol. The number of nitrogens with one attached hydrogen (secondary N) is 2. The number of amides is 1. The number of aryl methyl sites for hydroxylation is 1. The second kappa shape index (κ2) is 6.89. The van der Waals surface area contributed by atoms with Crippen molar-refractivity contribution in [3.8, 4) is 0 Å². The zero-order valence-electron chi connectivity index (χ0n) is 14.3. The highest BCUT2D eigenvalue weighted by Crippen LogP contribution is 2.21. The minimum atomic E-state index is -4.08. The van der Waals surface area contributed by atoms with Gasteiger partial charge in [-0.3, -0.25) is 4.79 Å². The van der Waals surface area contributed by atoms with Gasteiger partial charge in [0.1, 0.15) is 22.1 Å². The third kappa shape index (κ3) is 5.07. The smallest absolute Gasteiger partial charge is 0.244 e. The lowest BCUT2D eigenvalue weighted by Gasteiger charge is -2.20. The van der Waals surface area contributed by atoms with Crippen LogP contribution >= 0.6 is 0 Å². The molecule has 0 aliphatic carbocycles. The number of rotatable bonds is 5. The van der Waals surface area contributed by atoms with E-state index in [1.54, 1.807) is 27.7 Å². The summed E-state index contributed by atoms with van der Waals surface area (Å²) in [5, 5.41) is 9.66. The Morgan fingerprint density at radius 2 is 1.96 bits per heavy atom. The number of aromatic nitrogens is 2. The molecule has 0 atom stereocenters. The molecule has 0 fully saturated rings. The molecular formula is C15H19FN4O4S. The van der Waals surface area contributed by atoms with Gasteiger partial charge in [0.15, 0.2) is 0 Å². The second-order valence-corrected chi connectivity index (χ2v) is 8.17. The number of halogens is 1. The van der Waals surface area contributed by atoms with E-state index < -0.39 is 32.2 Å². The van der Waals surface area contributed by atoms with Gasteiger partial charge in [-0.2, -0.15) is 0 Å². The average Bonchev–Trinajstić information content (AvgIpc) is 2.83. The van der Waals surface area contributed by atoms with Crippen molar-refractivity contribution in [3.05, 3.63) is 35.4 Å². The van der Waals surface area contributed by atoms with Gasteiger partial charge in [0.05, 0.1) is 6.42 Å². The summed E-state index contributed by atoms with van der Waals surface area (Å²) in [4.78, 5) is 11.5. The number of carbonyl (C=O) groups excluding carboxylic acids is 1. The van der Waals surface area contributed by atoms with Crippen LogP contribution in [0.2, 0.25) is 0 Å². The Hall–Kier alpha value is -2.33. The first-order valence-electron chi connectivity index (χ1n) is 7.39. The second-order valence-electron chi connectivity index (χ2n) is 6.52. The number of hydrogen-bond acceptors (Lipinski definition) is 6. The van der Waals surface area contributed by atoms with E-state index in [-0.39, 0.29) is 12.1 Å². The highest BCUT2D eigenvalue weighted by molar-refractivity contribution is 7.89. The molecule has 136 valence electrons. The van der Waals surface area contributed by atoms with E-state index in [9.17, 15) is 17.6 Å². The fourth-order valence-corrected chi connectivity index (χ4v) is 3.54. The Bertz CT molecular complexity index is 887. The van der Waals surface area contributed by atoms with E-state index in [1.165, 1.54) is 6.07 Å². The van der Waals surface area contributed by atoms with Crippen molar-refractivity contribution in [2.75, 3.05) is 5.32 Å². The lowest BCUT2D eigenvalue weighted by atomic mass is 10.1. The van der Waals surface area contributed by atoms with Crippen LogP contribution in [0.15, 0.2) is 27.7 Å². The van der Waals surface area contributed by atoms with Crippen LogP contribution in [0.25, 0.3) is 0 Å². The number of carbonyl (C=O) groups is 1. The van der Waals surface area contributed by atoms with E-state index in [0.29, 0.717) is 11.4 Å². The van der Waals surface area contributed by atoms with Crippen molar-refractivity contribution < 1.29 is 22.2 Å². The number of benzene rings is 1. The van der Waals surface area contributed by atoms with Gasteiger partial charge in [-0.05, 0) is 45.9 Å². The molecule has 0 unspecified atom stereocenters. The third-order valence-corrected chi connectivity index (χ3v) is 4.79. The van der Waals surface area contributed by atoms with Crippen LogP contribution in [-0.4, -0.2) is 30.2 Å². The highest BCUT2D eigenvalue weighted by atomic mass is 32.2. The van der Waals surface area contributed by atoms with Crippen LogP contribution in [0.5, 0.6) is 0 Å². The Balaban J connectivity index is 2.21. The first kappa shape index (κ1) is 19.0. The molecule has 0 aliphatic heterocycles. The van der Waals surface area contributed by atoms with Crippen molar-refractivity contribution in [2.45, 2.75) is 44.6 Å². The largest absolute Gasteiger partial charge is 0.326 e. The summed E-state index contributed by atoms with van der Waals surface area (Å²) < 4.78 is 45.5. The molecule has 0 spiro atoms. The highest BCUT2D eigenvalue weighted by Gasteiger charge is 2.25. The first-order valence-corrected chi connectivity index (χ1v) is 8.88. The van der Waals surface area contributed by atoms with Gasteiger partial charge in [-0.1, -0.05) is 10.3 Å². The summed E-state index contributed by atoms with van der Waals surface area (Å²) in [5.41, 5.74) is 0.214. The molecule has 2 rings (SSSR count). The van der Waals surface area contributed by atoms with Crippen LogP contribution in [0.3, 0.4) is 0 Å². The van der Waals surface area contributed by atoms with E-state index in [0.717, 1.165) is 12.1 Å². The molecule has 1 aromatic heterocycles. The van der Waals surface area contributed by atoms with Crippen LogP contribution in [0.4, 0.5) is 10.1 Å². The standard InChI is InChI=1S/C15H19FN4O4S/c1-9-12(19-24-18-9)8-14(21)17-10-5-6-11(16)13(7-10)25(22,23)20-15(2,3)4/h5-7,20H,8H2,1-4H3,(H,17,21). The Kier molecular flexibility index (Phi) is 5.23. The number of sulfonamides is 1. The zero-order chi connectivity index (χ0) is 18.8. The molecule has 0 saturated carbocycles. The van der Waals surface area contributed by atoms with Gasteiger partial charge in [-0.25, -0.2) is 22.2 Å². The van der Waals surface area contributed by atoms with Gasteiger partial charge in [0.2, 0.25) is 15.9 Å². The van der Waals surface area contributed by atoms with E-state index in [2.05, 4.69) is 25.0 Å². The van der Waals surface area contributed by atoms with Crippen molar-refractivity contribution in [1.29, 1.82) is 0 Å². The lowest BCUT2D eigenvalue weighted by molar-refractivity contribution is -0.115. The predicted octanol–water partition coefficient (Wildman–Crippen LogP) is 1.78. The first-order chi connectivity index (χ1) is 11.5. The SMILES string of the molecule is Cc1nonc1CC(=O)Nc1ccc(F)c(S(=O)(=O)NC(C)(C)C)c1. The molecule has 2 aromatic rings. The van der Waals surface area contributed by atoms with Crippen LogP contribution in [0, 0.1) is 12.7 Å². The maximum Gasteiger partial charge on any atom is 0.244 e. The monoisotopic (exact) mass is 370 g/mol. The van der Waals surface area contributed by atoms with Crippen LogP contribution in [0.1, 0.15) is 32.2 Å².